The Labute approximate surface area is 147 Å². The van der Waals surface area contributed by atoms with E-state index in [0.29, 0.717) is 11.5 Å². The lowest BCUT2D eigenvalue weighted by Gasteiger charge is -2.32. The van der Waals surface area contributed by atoms with Crippen LogP contribution in [0.4, 0.5) is 0 Å². The molecule has 2 aliphatic heterocycles. The lowest BCUT2D eigenvalue weighted by atomic mass is 10.0. The van der Waals surface area contributed by atoms with Crippen molar-refractivity contribution in [2.75, 3.05) is 13.2 Å². The van der Waals surface area contributed by atoms with Crippen LogP contribution in [-0.4, -0.2) is 39.8 Å². The molecule has 0 unspecified atom stereocenters. The zero-order valence-electron chi connectivity index (χ0n) is 14.9. The highest BCUT2D eigenvalue weighted by Crippen LogP contribution is 2.37. The van der Waals surface area contributed by atoms with Crippen LogP contribution in [-0.2, 0) is 11.8 Å². The van der Waals surface area contributed by atoms with Crippen molar-refractivity contribution in [1.82, 2.24) is 14.7 Å². The summed E-state index contributed by atoms with van der Waals surface area (Å²) in [5.74, 6) is 1.33. The molecule has 6 heteroatoms. The van der Waals surface area contributed by atoms with E-state index in [1.165, 1.54) is 5.56 Å². The molecule has 0 aliphatic carbocycles. The van der Waals surface area contributed by atoms with Gasteiger partial charge in [-0.05, 0) is 38.8 Å². The summed E-state index contributed by atoms with van der Waals surface area (Å²) in [5, 5.41) is 4.51. The molecular weight excluding hydrogens is 318 g/mol. The quantitative estimate of drug-likeness (QED) is 0.842. The van der Waals surface area contributed by atoms with Crippen LogP contribution in [0.25, 0.3) is 0 Å². The van der Waals surface area contributed by atoms with E-state index in [9.17, 15) is 4.79 Å². The van der Waals surface area contributed by atoms with Crippen molar-refractivity contribution in [2.45, 2.75) is 38.8 Å². The minimum Gasteiger partial charge on any atom is -0.485 e. The standard InChI is InChI=1S/C19H23N3O3/c1-12-18(13(2)21(3)20-12)14-7-6-10-22(14)19(23)17-11-24-15-8-4-5-9-16(15)25-17/h4-5,8-9,14,17H,6-7,10-11H2,1-3H3/t14-,17+/m0/s1. The third-order valence-electron chi connectivity index (χ3n) is 5.22. The van der Waals surface area contributed by atoms with E-state index >= 15 is 0 Å². The molecule has 0 spiro atoms. The number of hydrogen-bond acceptors (Lipinski definition) is 4. The van der Waals surface area contributed by atoms with E-state index in [1.54, 1.807) is 0 Å². The first-order valence-electron chi connectivity index (χ1n) is 8.75. The maximum Gasteiger partial charge on any atom is 0.267 e. The molecule has 0 bridgehead atoms. The van der Waals surface area contributed by atoms with Crippen molar-refractivity contribution in [3.63, 3.8) is 0 Å². The summed E-state index contributed by atoms with van der Waals surface area (Å²) in [6, 6.07) is 7.55. The van der Waals surface area contributed by atoms with Crippen LogP contribution in [0.15, 0.2) is 24.3 Å². The number of aryl methyl sites for hydroxylation is 2. The fourth-order valence-electron chi connectivity index (χ4n) is 3.93. The van der Waals surface area contributed by atoms with E-state index < -0.39 is 6.10 Å². The number of likely N-dealkylation sites (tertiary alicyclic amines) is 1. The molecule has 0 radical (unpaired) electrons. The van der Waals surface area contributed by atoms with Crippen LogP contribution in [0.1, 0.15) is 35.8 Å². The molecule has 132 valence electrons. The molecule has 4 rings (SSSR count). The lowest BCUT2D eigenvalue weighted by Crippen LogP contribution is -2.46. The van der Waals surface area contributed by atoms with Crippen LogP contribution in [0.5, 0.6) is 11.5 Å². The third kappa shape index (κ3) is 2.65. The van der Waals surface area contributed by atoms with Gasteiger partial charge in [-0.15, -0.1) is 0 Å². The molecule has 1 saturated heterocycles. The highest BCUT2D eigenvalue weighted by molar-refractivity contribution is 5.82. The SMILES string of the molecule is Cc1nn(C)c(C)c1[C@@H]1CCCN1C(=O)[C@H]1COc2ccccc2O1. The van der Waals surface area contributed by atoms with E-state index in [1.807, 2.05) is 47.8 Å². The van der Waals surface area contributed by atoms with Gasteiger partial charge in [0.15, 0.2) is 11.5 Å². The Balaban J connectivity index is 1.58. The molecule has 2 aliphatic rings. The van der Waals surface area contributed by atoms with Crippen molar-refractivity contribution >= 4 is 5.91 Å². The van der Waals surface area contributed by atoms with Crippen molar-refractivity contribution in [3.05, 3.63) is 41.2 Å². The van der Waals surface area contributed by atoms with Gasteiger partial charge in [-0.25, -0.2) is 0 Å². The average molecular weight is 341 g/mol. The molecule has 1 aromatic carbocycles. The number of ether oxygens (including phenoxy) is 2. The summed E-state index contributed by atoms with van der Waals surface area (Å²) in [4.78, 5) is 15.1. The maximum atomic E-state index is 13.1. The molecule has 0 saturated carbocycles. The molecule has 0 N–H and O–H groups in total. The van der Waals surface area contributed by atoms with E-state index in [2.05, 4.69) is 12.0 Å². The number of para-hydroxylation sites is 2. The zero-order chi connectivity index (χ0) is 17.6. The highest BCUT2D eigenvalue weighted by atomic mass is 16.6. The molecule has 3 heterocycles. The number of rotatable bonds is 2. The number of benzene rings is 1. The zero-order valence-corrected chi connectivity index (χ0v) is 14.9. The highest BCUT2D eigenvalue weighted by Gasteiger charge is 2.39. The maximum absolute atomic E-state index is 13.1. The summed E-state index contributed by atoms with van der Waals surface area (Å²) < 4.78 is 13.5. The van der Waals surface area contributed by atoms with Crippen molar-refractivity contribution < 1.29 is 14.3 Å². The Morgan fingerprint density at radius 3 is 2.72 bits per heavy atom. The summed E-state index contributed by atoms with van der Waals surface area (Å²) in [6.45, 7) is 5.08. The van der Waals surface area contributed by atoms with Gasteiger partial charge in [-0.1, -0.05) is 12.1 Å². The van der Waals surface area contributed by atoms with Gasteiger partial charge in [0.25, 0.3) is 5.91 Å². The molecule has 1 amide bonds. The average Bonchev–Trinajstić information content (AvgIpc) is 3.18. The van der Waals surface area contributed by atoms with Gasteiger partial charge in [0.05, 0.1) is 11.7 Å². The molecule has 6 nitrogen and oxygen atoms in total. The van der Waals surface area contributed by atoms with Crippen molar-refractivity contribution in [1.29, 1.82) is 0 Å². The summed E-state index contributed by atoms with van der Waals surface area (Å²) >= 11 is 0. The Morgan fingerprint density at radius 1 is 1.24 bits per heavy atom. The third-order valence-corrected chi connectivity index (χ3v) is 5.22. The largest absolute Gasteiger partial charge is 0.485 e. The Bertz CT molecular complexity index is 814. The van der Waals surface area contributed by atoms with Gasteiger partial charge in [0, 0.05) is 24.8 Å². The van der Waals surface area contributed by atoms with Crippen LogP contribution in [0.3, 0.4) is 0 Å². The van der Waals surface area contributed by atoms with E-state index in [0.717, 1.165) is 30.8 Å². The summed E-state index contributed by atoms with van der Waals surface area (Å²) in [6.07, 6.45) is 1.37. The molecule has 1 fully saturated rings. The fraction of sp³-hybridized carbons (Fsp3) is 0.474. The minimum absolute atomic E-state index is 0.000318. The second-order valence-corrected chi connectivity index (χ2v) is 6.76. The van der Waals surface area contributed by atoms with E-state index in [4.69, 9.17) is 9.47 Å². The number of fused-ring (bicyclic) bond motifs is 1. The monoisotopic (exact) mass is 341 g/mol. The second-order valence-electron chi connectivity index (χ2n) is 6.76. The molecule has 2 aromatic rings. The first kappa shape index (κ1) is 16.0. The fourth-order valence-corrected chi connectivity index (χ4v) is 3.93. The number of carbonyl (C=O) groups excluding carboxylic acids is 1. The number of carbonyl (C=O) groups is 1. The lowest BCUT2D eigenvalue weighted by molar-refractivity contribution is -0.142. The molecule has 2 atom stereocenters. The number of hydrogen-bond donors (Lipinski definition) is 0. The van der Waals surface area contributed by atoms with Crippen molar-refractivity contribution in [2.24, 2.45) is 7.05 Å². The van der Waals surface area contributed by atoms with Crippen LogP contribution in [0, 0.1) is 13.8 Å². The first-order valence-corrected chi connectivity index (χ1v) is 8.75. The Hall–Kier alpha value is -2.50. The number of nitrogens with zero attached hydrogens (tertiary/aromatic N) is 3. The Morgan fingerprint density at radius 2 is 2.00 bits per heavy atom. The van der Waals surface area contributed by atoms with Gasteiger partial charge < -0.3 is 14.4 Å². The normalized spacial score (nSPS) is 22.3. The number of amides is 1. The predicted molar refractivity (Wildman–Crippen MR) is 92.7 cm³/mol. The molecule has 1 aromatic heterocycles. The topological polar surface area (TPSA) is 56.6 Å². The van der Waals surface area contributed by atoms with Crippen LogP contribution >= 0.6 is 0 Å². The summed E-state index contributed by atoms with van der Waals surface area (Å²) in [5.41, 5.74) is 3.29. The van der Waals surface area contributed by atoms with Crippen LogP contribution in [0.2, 0.25) is 0 Å². The molecule has 25 heavy (non-hydrogen) atoms. The smallest absolute Gasteiger partial charge is 0.267 e. The van der Waals surface area contributed by atoms with Gasteiger partial charge in [-0.2, -0.15) is 5.10 Å². The predicted octanol–water partition coefficient (Wildman–Crippen LogP) is 2.54. The van der Waals surface area contributed by atoms with Gasteiger partial charge >= 0.3 is 0 Å². The second kappa shape index (κ2) is 6.10. The van der Waals surface area contributed by atoms with Crippen LogP contribution < -0.4 is 9.47 Å². The van der Waals surface area contributed by atoms with Gasteiger partial charge in [-0.3, -0.25) is 9.48 Å². The van der Waals surface area contributed by atoms with Crippen molar-refractivity contribution in [3.8, 4) is 11.5 Å². The minimum atomic E-state index is -0.590. The van der Waals surface area contributed by atoms with Gasteiger partial charge in [0.1, 0.15) is 6.61 Å². The Kier molecular flexibility index (Phi) is 3.90. The first-order chi connectivity index (χ1) is 12.1. The van der Waals surface area contributed by atoms with Gasteiger partial charge in [0.2, 0.25) is 6.10 Å². The number of aromatic nitrogens is 2. The molecular formula is C19H23N3O3. The van der Waals surface area contributed by atoms with E-state index in [-0.39, 0.29) is 18.6 Å². The summed E-state index contributed by atoms with van der Waals surface area (Å²) in [7, 11) is 1.95.